The highest BCUT2D eigenvalue weighted by atomic mass is 16.5. The minimum atomic E-state index is -0.00984. The van der Waals surface area contributed by atoms with Crippen LogP contribution >= 0.6 is 0 Å². The van der Waals surface area contributed by atoms with Crippen molar-refractivity contribution in [1.29, 1.82) is 0 Å². The SMILES string of the molecule is CC(C)Oc1ccc(CCNC(=O)C2CCCN(c3ncccn3)C2)cc1. The number of rotatable bonds is 7. The standard InChI is InChI=1S/C21H28N4O2/c1-16(2)27-19-8-6-17(7-9-19)10-13-22-20(26)18-5-3-14-25(15-18)21-23-11-4-12-24-21/h4,6-9,11-12,16,18H,3,5,10,13-15H2,1-2H3,(H,22,26). The van der Waals surface area contributed by atoms with Gasteiger partial charge in [-0.3, -0.25) is 4.79 Å². The summed E-state index contributed by atoms with van der Waals surface area (Å²) in [4.78, 5) is 23.2. The molecule has 1 saturated heterocycles. The molecule has 0 saturated carbocycles. The second-order valence-electron chi connectivity index (χ2n) is 7.19. The first kappa shape index (κ1) is 19.1. The molecule has 1 aliphatic rings. The maximum absolute atomic E-state index is 12.5. The number of nitrogens with zero attached hydrogens (tertiary/aromatic N) is 3. The van der Waals surface area contributed by atoms with Crippen molar-refractivity contribution in [3.8, 4) is 5.75 Å². The number of ether oxygens (including phenoxy) is 1. The highest BCUT2D eigenvalue weighted by Gasteiger charge is 2.26. The Morgan fingerprint density at radius 2 is 2.00 bits per heavy atom. The largest absolute Gasteiger partial charge is 0.491 e. The molecule has 2 heterocycles. The summed E-state index contributed by atoms with van der Waals surface area (Å²) in [5.41, 5.74) is 1.19. The molecule has 6 heteroatoms. The lowest BCUT2D eigenvalue weighted by atomic mass is 9.97. The lowest BCUT2D eigenvalue weighted by molar-refractivity contribution is -0.125. The van der Waals surface area contributed by atoms with Crippen molar-refractivity contribution in [1.82, 2.24) is 15.3 Å². The topological polar surface area (TPSA) is 67.3 Å². The fourth-order valence-electron chi connectivity index (χ4n) is 3.31. The van der Waals surface area contributed by atoms with Crippen LogP contribution in [0, 0.1) is 5.92 Å². The number of carbonyl (C=O) groups is 1. The van der Waals surface area contributed by atoms with Crippen LogP contribution in [0.1, 0.15) is 32.3 Å². The molecule has 1 aromatic heterocycles. The fourth-order valence-corrected chi connectivity index (χ4v) is 3.31. The van der Waals surface area contributed by atoms with Gasteiger partial charge in [-0.05, 0) is 56.9 Å². The van der Waals surface area contributed by atoms with E-state index < -0.39 is 0 Å². The highest BCUT2D eigenvalue weighted by molar-refractivity contribution is 5.79. The van der Waals surface area contributed by atoms with Gasteiger partial charge < -0.3 is 15.0 Å². The summed E-state index contributed by atoms with van der Waals surface area (Å²) in [6.45, 7) is 6.25. The number of nitrogens with one attached hydrogen (secondary N) is 1. The molecule has 2 aromatic rings. The van der Waals surface area contributed by atoms with Crippen molar-refractivity contribution >= 4 is 11.9 Å². The molecular weight excluding hydrogens is 340 g/mol. The van der Waals surface area contributed by atoms with Crippen molar-refractivity contribution in [2.45, 2.75) is 39.2 Å². The van der Waals surface area contributed by atoms with Gasteiger partial charge in [-0.15, -0.1) is 0 Å². The van der Waals surface area contributed by atoms with Gasteiger partial charge in [-0.2, -0.15) is 0 Å². The van der Waals surface area contributed by atoms with Crippen molar-refractivity contribution in [2.24, 2.45) is 5.92 Å². The molecule has 1 aromatic carbocycles. The second-order valence-corrected chi connectivity index (χ2v) is 7.19. The average molecular weight is 368 g/mol. The molecule has 1 N–H and O–H groups in total. The Balaban J connectivity index is 1.45. The molecule has 1 aliphatic heterocycles. The minimum absolute atomic E-state index is 0.00984. The zero-order chi connectivity index (χ0) is 19.1. The molecule has 0 aliphatic carbocycles. The minimum Gasteiger partial charge on any atom is -0.491 e. The Morgan fingerprint density at radius 1 is 1.26 bits per heavy atom. The number of hydrogen-bond donors (Lipinski definition) is 1. The van der Waals surface area contributed by atoms with E-state index in [0.29, 0.717) is 19.0 Å². The van der Waals surface area contributed by atoms with Gasteiger partial charge in [0.05, 0.1) is 12.0 Å². The molecule has 0 radical (unpaired) electrons. The van der Waals surface area contributed by atoms with E-state index in [1.54, 1.807) is 18.5 Å². The molecule has 0 bridgehead atoms. The van der Waals surface area contributed by atoms with Crippen LogP contribution in [0.3, 0.4) is 0 Å². The van der Waals surface area contributed by atoms with E-state index in [9.17, 15) is 4.79 Å². The summed E-state index contributed by atoms with van der Waals surface area (Å²) in [6, 6.07) is 9.88. The third kappa shape index (κ3) is 5.67. The van der Waals surface area contributed by atoms with E-state index in [-0.39, 0.29) is 17.9 Å². The van der Waals surface area contributed by atoms with E-state index >= 15 is 0 Å². The van der Waals surface area contributed by atoms with Crippen molar-refractivity contribution in [2.75, 3.05) is 24.5 Å². The van der Waals surface area contributed by atoms with Gasteiger partial charge in [-0.25, -0.2) is 9.97 Å². The third-order valence-corrected chi connectivity index (χ3v) is 4.64. The van der Waals surface area contributed by atoms with E-state index in [1.165, 1.54) is 5.56 Å². The first-order valence-electron chi connectivity index (χ1n) is 9.67. The number of hydrogen-bond acceptors (Lipinski definition) is 5. The zero-order valence-corrected chi connectivity index (χ0v) is 16.1. The number of benzene rings is 1. The Bertz CT molecular complexity index is 719. The maximum Gasteiger partial charge on any atom is 0.225 e. The molecule has 6 nitrogen and oxygen atoms in total. The van der Waals surface area contributed by atoms with Crippen molar-refractivity contribution in [3.63, 3.8) is 0 Å². The number of amides is 1. The molecule has 1 fully saturated rings. The second kappa shape index (κ2) is 9.35. The van der Waals surface area contributed by atoms with Crippen molar-refractivity contribution < 1.29 is 9.53 Å². The lowest BCUT2D eigenvalue weighted by Gasteiger charge is -2.31. The molecule has 1 atom stereocenters. The van der Waals surface area contributed by atoms with E-state index in [0.717, 1.165) is 31.6 Å². The molecule has 27 heavy (non-hydrogen) atoms. The Labute approximate surface area is 161 Å². The Morgan fingerprint density at radius 3 is 2.70 bits per heavy atom. The fraction of sp³-hybridized carbons (Fsp3) is 0.476. The van der Waals surface area contributed by atoms with Gasteiger partial charge in [0, 0.05) is 32.0 Å². The number of piperidine rings is 1. The van der Waals surface area contributed by atoms with E-state index in [2.05, 4.69) is 32.3 Å². The summed E-state index contributed by atoms with van der Waals surface area (Å²) in [6.07, 6.45) is 6.36. The first-order valence-corrected chi connectivity index (χ1v) is 9.67. The third-order valence-electron chi connectivity index (χ3n) is 4.64. The predicted octanol–water partition coefficient (Wildman–Crippen LogP) is 2.84. The van der Waals surface area contributed by atoms with Crippen LogP contribution in [-0.2, 0) is 11.2 Å². The predicted molar refractivity (Wildman–Crippen MR) is 106 cm³/mol. The summed E-state index contributed by atoms with van der Waals surface area (Å²) in [7, 11) is 0. The van der Waals surface area contributed by atoms with Crippen molar-refractivity contribution in [3.05, 3.63) is 48.3 Å². The molecule has 144 valence electrons. The first-order chi connectivity index (χ1) is 13.1. The van der Waals surface area contributed by atoms with Crippen LogP contribution < -0.4 is 15.0 Å². The Kier molecular flexibility index (Phi) is 6.63. The van der Waals surface area contributed by atoms with Crippen LogP contribution in [0.2, 0.25) is 0 Å². The molecule has 0 spiro atoms. The number of carbonyl (C=O) groups excluding carboxylic acids is 1. The van der Waals surface area contributed by atoms with E-state index in [4.69, 9.17) is 4.74 Å². The number of aromatic nitrogens is 2. The highest BCUT2D eigenvalue weighted by Crippen LogP contribution is 2.20. The van der Waals surface area contributed by atoms with Crippen LogP contribution in [0.5, 0.6) is 5.75 Å². The van der Waals surface area contributed by atoms with Gasteiger partial charge in [-0.1, -0.05) is 12.1 Å². The van der Waals surface area contributed by atoms with Gasteiger partial charge in [0.1, 0.15) is 5.75 Å². The van der Waals surface area contributed by atoms with E-state index in [1.807, 2.05) is 26.0 Å². The van der Waals surface area contributed by atoms with Gasteiger partial charge in [0.2, 0.25) is 11.9 Å². The smallest absolute Gasteiger partial charge is 0.225 e. The van der Waals surface area contributed by atoms with Crippen LogP contribution in [-0.4, -0.2) is 41.6 Å². The molecule has 3 rings (SSSR count). The summed E-state index contributed by atoms with van der Waals surface area (Å²) >= 11 is 0. The molecular formula is C21H28N4O2. The average Bonchev–Trinajstić information content (AvgIpc) is 2.69. The monoisotopic (exact) mass is 368 g/mol. The van der Waals surface area contributed by atoms with Crippen LogP contribution in [0.25, 0.3) is 0 Å². The summed E-state index contributed by atoms with van der Waals surface area (Å²) in [5, 5.41) is 3.08. The molecule has 1 unspecified atom stereocenters. The normalized spacial score (nSPS) is 17.0. The lowest BCUT2D eigenvalue weighted by Crippen LogP contribution is -2.44. The zero-order valence-electron chi connectivity index (χ0n) is 16.1. The van der Waals surface area contributed by atoms with Gasteiger partial charge in [0.25, 0.3) is 0 Å². The summed E-state index contributed by atoms with van der Waals surface area (Å²) < 4.78 is 5.65. The van der Waals surface area contributed by atoms with Gasteiger partial charge in [0.15, 0.2) is 0 Å². The van der Waals surface area contributed by atoms with Crippen LogP contribution in [0.15, 0.2) is 42.7 Å². The Hall–Kier alpha value is -2.63. The number of anilines is 1. The van der Waals surface area contributed by atoms with Gasteiger partial charge >= 0.3 is 0 Å². The maximum atomic E-state index is 12.5. The van der Waals surface area contributed by atoms with Crippen LogP contribution in [0.4, 0.5) is 5.95 Å². The quantitative estimate of drug-likeness (QED) is 0.814. The molecule has 1 amide bonds. The summed E-state index contributed by atoms with van der Waals surface area (Å²) in [5.74, 6) is 1.70.